The fourth-order valence-electron chi connectivity index (χ4n) is 2.35. The Balaban J connectivity index is 1.81. The van der Waals surface area contributed by atoms with Gasteiger partial charge in [-0.05, 0) is 30.3 Å². The van der Waals surface area contributed by atoms with Crippen molar-refractivity contribution in [2.75, 3.05) is 0 Å². The maximum atomic E-state index is 14.0. The van der Waals surface area contributed by atoms with E-state index in [2.05, 4.69) is 10.1 Å². The number of hydrogen-bond donors (Lipinski definition) is 0. The number of nitrogens with zero attached hydrogens (tertiary/aromatic N) is 4. The van der Waals surface area contributed by atoms with Crippen LogP contribution >= 0.6 is 11.3 Å². The molecule has 0 unspecified atom stereocenters. The van der Waals surface area contributed by atoms with Gasteiger partial charge in [0.15, 0.2) is 11.5 Å². The highest BCUT2D eigenvalue weighted by molar-refractivity contribution is 7.07. The van der Waals surface area contributed by atoms with E-state index in [0.29, 0.717) is 16.3 Å². The van der Waals surface area contributed by atoms with Crippen LogP contribution in [-0.2, 0) is 0 Å². The molecule has 0 spiro atoms. The van der Waals surface area contributed by atoms with Crippen molar-refractivity contribution < 1.29 is 18.1 Å². The van der Waals surface area contributed by atoms with E-state index in [4.69, 9.17) is 8.83 Å². The van der Waals surface area contributed by atoms with E-state index in [1.165, 1.54) is 46.7 Å². The molecule has 0 aliphatic rings. The van der Waals surface area contributed by atoms with Crippen LogP contribution in [0.2, 0.25) is 0 Å². The number of furan rings is 2. The van der Waals surface area contributed by atoms with Gasteiger partial charge in [-0.1, -0.05) is 12.1 Å². The van der Waals surface area contributed by atoms with Crippen molar-refractivity contribution in [1.29, 1.82) is 0 Å². The van der Waals surface area contributed by atoms with Crippen LogP contribution in [0.4, 0.5) is 16.0 Å². The molecule has 4 aromatic rings. The molecule has 0 saturated carbocycles. The second-order valence-corrected chi connectivity index (χ2v) is 6.27. The van der Waals surface area contributed by atoms with Crippen LogP contribution in [0.3, 0.4) is 0 Å². The average molecular weight is 398 g/mol. The number of hydrogen-bond acceptors (Lipinski definition) is 7. The fourth-order valence-corrected chi connectivity index (χ4v) is 3.18. The van der Waals surface area contributed by atoms with Gasteiger partial charge in [0.2, 0.25) is 4.80 Å². The van der Waals surface area contributed by atoms with Crippen LogP contribution in [0.25, 0.3) is 11.5 Å². The van der Waals surface area contributed by atoms with Crippen molar-refractivity contribution in [3.05, 3.63) is 86.7 Å². The van der Waals surface area contributed by atoms with Crippen LogP contribution < -0.4 is 4.80 Å². The zero-order chi connectivity index (χ0) is 19.5. The smallest absolute Gasteiger partial charge is 0.433 e. The molecule has 140 valence electrons. The Morgan fingerprint density at radius 1 is 1.18 bits per heavy atom. The Morgan fingerprint density at radius 3 is 2.75 bits per heavy atom. The second kappa shape index (κ2) is 7.45. The summed E-state index contributed by atoms with van der Waals surface area (Å²) in [5.74, 6) is -0.131. The van der Waals surface area contributed by atoms with Crippen LogP contribution in [0.1, 0.15) is 5.76 Å². The summed E-state index contributed by atoms with van der Waals surface area (Å²) in [5.41, 5.74) is 0.746. The minimum absolute atomic E-state index is 0.160. The lowest BCUT2D eigenvalue weighted by Gasteiger charge is -2.00. The molecule has 0 fully saturated rings. The van der Waals surface area contributed by atoms with Crippen molar-refractivity contribution in [1.82, 2.24) is 4.68 Å². The quantitative estimate of drug-likeness (QED) is 0.279. The maximum absolute atomic E-state index is 14.0. The third kappa shape index (κ3) is 3.53. The molecule has 3 heterocycles. The molecule has 0 N–H and O–H groups in total. The van der Waals surface area contributed by atoms with Crippen LogP contribution in [0, 0.1) is 15.9 Å². The number of rotatable bonds is 5. The largest absolute Gasteiger partial charge is 0.463 e. The normalized spacial score (nSPS) is 12.1. The Morgan fingerprint density at radius 2 is 2.04 bits per heavy atom. The number of benzene rings is 1. The first-order chi connectivity index (χ1) is 13.6. The lowest BCUT2D eigenvalue weighted by molar-refractivity contribution is -0.402. The van der Waals surface area contributed by atoms with Crippen molar-refractivity contribution in [2.45, 2.75) is 0 Å². The summed E-state index contributed by atoms with van der Waals surface area (Å²) in [6, 6.07) is 12.3. The standard InChI is InChI=1S/C18H11FN4O4S/c19-13-4-1-2-5-14(13)21-18-22(15(11-28-18)16-6-3-9-26-16)20-10-12-7-8-17(27-12)23(24)25/h1-11H. The maximum Gasteiger partial charge on any atom is 0.433 e. The highest BCUT2D eigenvalue weighted by Gasteiger charge is 2.13. The van der Waals surface area contributed by atoms with Crippen LogP contribution in [-0.4, -0.2) is 15.8 Å². The van der Waals surface area contributed by atoms with E-state index < -0.39 is 10.7 Å². The van der Waals surface area contributed by atoms with E-state index >= 15 is 0 Å². The Bertz CT molecular complexity index is 1220. The lowest BCUT2D eigenvalue weighted by Crippen LogP contribution is -2.11. The SMILES string of the molecule is O=[N+]([O-])c1ccc(C=Nn2c(-c3ccco3)csc2=Nc2ccccc2F)o1. The zero-order valence-electron chi connectivity index (χ0n) is 14.1. The molecular formula is C18H11FN4O4S. The summed E-state index contributed by atoms with van der Waals surface area (Å²) in [6.07, 6.45) is 2.83. The van der Waals surface area contributed by atoms with Crippen molar-refractivity contribution in [3.8, 4) is 11.5 Å². The topological polar surface area (TPSA) is 99.1 Å². The minimum atomic E-state index is -0.637. The van der Waals surface area contributed by atoms with Gasteiger partial charge in [-0.3, -0.25) is 10.1 Å². The molecule has 28 heavy (non-hydrogen) atoms. The van der Waals surface area contributed by atoms with E-state index in [9.17, 15) is 14.5 Å². The lowest BCUT2D eigenvalue weighted by atomic mass is 10.3. The van der Waals surface area contributed by atoms with Gasteiger partial charge in [-0.2, -0.15) is 5.10 Å². The van der Waals surface area contributed by atoms with Gasteiger partial charge < -0.3 is 8.83 Å². The van der Waals surface area contributed by atoms with Gasteiger partial charge >= 0.3 is 5.88 Å². The summed E-state index contributed by atoms with van der Waals surface area (Å²) in [4.78, 5) is 14.8. The fraction of sp³-hybridized carbons (Fsp3) is 0. The van der Waals surface area contributed by atoms with Crippen molar-refractivity contribution >= 4 is 29.1 Å². The molecule has 4 rings (SSSR count). The summed E-state index contributed by atoms with van der Waals surface area (Å²) in [5, 5.41) is 16.8. The summed E-state index contributed by atoms with van der Waals surface area (Å²) < 4.78 is 25.9. The third-order valence-electron chi connectivity index (χ3n) is 3.62. The van der Waals surface area contributed by atoms with Crippen molar-refractivity contribution in [3.63, 3.8) is 0 Å². The number of para-hydroxylation sites is 1. The molecule has 0 bridgehead atoms. The van der Waals surface area contributed by atoms with E-state index in [0.717, 1.165) is 0 Å². The van der Waals surface area contributed by atoms with Crippen LogP contribution in [0.5, 0.6) is 0 Å². The molecular weight excluding hydrogens is 387 g/mol. The van der Waals surface area contributed by atoms with Crippen LogP contribution in [0.15, 0.2) is 79.1 Å². The number of nitro groups is 1. The van der Waals surface area contributed by atoms with Crippen molar-refractivity contribution in [2.24, 2.45) is 10.1 Å². The highest BCUT2D eigenvalue weighted by atomic mass is 32.1. The summed E-state index contributed by atoms with van der Waals surface area (Å²) >= 11 is 1.24. The van der Waals surface area contributed by atoms with Gasteiger partial charge in [0.1, 0.15) is 22.1 Å². The molecule has 8 nitrogen and oxygen atoms in total. The van der Waals surface area contributed by atoms with E-state index in [1.807, 2.05) is 0 Å². The molecule has 0 atom stereocenters. The molecule has 1 aromatic carbocycles. The number of aromatic nitrogens is 1. The monoisotopic (exact) mass is 398 g/mol. The molecule has 3 aromatic heterocycles. The van der Waals surface area contributed by atoms with Gasteiger partial charge in [0.05, 0.1) is 18.5 Å². The molecule has 10 heteroatoms. The molecule has 0 radical (unpaired) electrons. The summed E-state index contributed by atoms with van der Waals surface area (Å²) in [7, 11) is 0. The highest BCUT2D eigenvalue weighted by Crippen LogP contribution is 2.22. The summed E-state index contributed by atoms with van der Waals surface area (Å²) in [6.45, 7) is 0. The van der Waals surface area contributed by atoms with Gasteiger partial charge in [0.25, 0.3) is 0 Å². The van der Waals surface area contributed by atoms with Gasteiger partial charge in [-0.15, -0.1) is 11.3 Å². The molecule has 0 aliphatic carbocycles. The first-order valence-corrected chi connectivity index (χ1v) is 8.82. The Hall–Kier alpha value is -3.79. The Kier molecular flexibility index (Phi) is 4.68. The average Bonchev–Trinajstić information content (AvgIpc) is 3.42. The predicted molar refractivity (Wildman–Crippen MR) is 100.0 cm³/mol. The Labute approximate surface area is 160 Å². The van der Waals surface area contributed by atoms with Gasteiger partial charge in [-0.25, -0.2) is 14.1 Å². The molecule has 0 aliphatic heterocycles. The zero-order valence-corrected chi connectivity index (χ0v) is 14.9. The van der Waals surface area contributed by atoms with Gasteiger partial charge in [0, 0.05) is 5.38 Å². The van der Waals surface area contributed by atoms with E-state index in [1.54, 1.807) is 35.7 Å². The number of halogens is 1. The van der Waals surface area contributed by atoms with E-state index in [-0.39, 0.29) is 17.3 Å². The second-order valence-electron chi connectivity index (χ2n) is 5.43. The first-order valence-electron chi connectivity index (χ1n) is 7.94. The number of thiazole rings is 1. The third-order valence-corrected chi connectivity index (χ3v) is 4.44. The molecule has 0 amide bonds. The first kappa shape index (κ1) is 17.6. The minimum Gasteiger partial charge on any atom is -0.463 e. The predicted octanol–water partition coefficient (Wildman–Crippen LogP) is 4.56. The molecule has 0 saturated heterocycles.